The highest BCUT2D eigenvalue weighted by atomic mass is 32.1. The van der Waals surface area contributed by atoms with Crippen molar-refractivity contribution in [2.45, 2.75) is 46.1 Å². The molecule has 1 aromatic heterocycles. The lowest BCUT2D eigenvalue weighted by Crippen LogP contribution is -2.50. The number of rotatable bonds is 11. The summed E-state index contributed by atoms with van der Waals surface area (Å²) in [6.07, 6.45) is 1.89. The minimum absolute atomic E-state index is 0.0424. The van der Waals surface area contributed by atoms with E-state index in [-0.39, 0.29) is 22.2 Å². The number of carbonyl (C=O) groups excluding carboxylic acids is 3. The van der Waals surface area contributed by atoms with E-state index < -0.39 is 17.9 Å². The maximum Gasteiger partial charge on any atom is 0.272 e. The highest BCUT2D eigenvalue weighted by Gasteiger charge is 2.35. The summed E-state index contributed by atoms with van der Waals surface area (Å²) in [7, 11) is 1.49. The van der Waals surface area contributed by atoms with Gasteiger partial charge in [-0.05, 0) is 42.4 Å². The smallest absolute Gasteiger partial charge is 0.272 e. The summed E-state index contributed by atoms with van der Waals surface area (Å²) in [5, 5.41) is 2.94. The zero-order valence-electron chi connectivity index (χ0n) is 18.9. The molecule has 2 rings (SSSR count). The summed E-state index contributed by atoms with van der Waals surface area (Å²) in [6, 6.07) is 6.12. The molecule has 10 heteroatoms. The lowest BCUT2D eigenvalue weighted by Gasteiger charge is -2.31. The number of nitrogens with one attached hydrogen (secondary N) is 1. The van der Waals surface area contributed by atoms with Crippen LogP contribution in [0.5, 0.6) is 5.75 Å². The van der Waals surface area contributed by atoms with Crippen molar-refractivity contribution in [2.24, 2.45) is 11.7 Å². The van der Waals surface area contributed by atoms with Crippen LogP contribution < -0.4 is 26.4 Å². The van der Waals surface area contributed by atoms with Gasteiger partial charge in [-0.2, -0.15) is 4.37 Å². The van der Waals surface area contributed by atoms with Crippen LogP contribution in [0, 0.1) is 5.92 Å². The number of aromatic nitrogens is 1. The lowest BCUT2D eigenvalue weighted by molar-refractivity contribution is -0.122. The molecule has 32 heavy (non-hydrogen) atoms. The van der Waals surface area contributed by atoms with Gasteiger partial charge in [0.1, 0.15) is 16.7 Å². The topological polar surface area (TPSA) is 141 Å². The fourth-order valence-corrected chi connectivity index (χ4v) is 3.98. The molecule has 5 N–H and O–H groups in total. The number of hydrogen-bond donors (Lipinski definition) is 3. The zero-order valence-corrected chi connectivity index (χ0v) is 19.7. The number of nitrogens with zero attached hydrogens (tertiary/aromatic N) is 2. The van der Waals surface area contributed by atoms with Gasteiger partial charge in [-0.25, -0.2) is 0 Å². The van der Waals surface area contributed by atoms with Crippen molar-refractivity contribution < 1.29 is 19.1 Å². The zero-order chi connectivity index (χ0) is 23.8. The van der Waals surface area contributed by atoms with Crippen molar-refractivity contribution in [2.75, 3.05) is 24.3 Å². The van der Waals surface area contributed by atoms with E-state index in [4.69, 9.17) is 16.2 Å². The number of carbonyl (C=O) groups is 3. The van der Waals surface area contributed by atoms with Crippen molar-refractivity contribution in [1.82, 2.24) is 9.69 Å². The first-order valence-corrected chi connectivity index (χ1v) is 11.3. The third-order valence-corrected chi connectivity index (χ3v) is 5.77. The van der Waals surface area contributed by atoms with E-state index in [9.17, 15) is 14.4 Å². The van der Waals surface area contributed by atoms with Gasteiger partial charge in [-0.1, -0.05) is 39.3 Å². The third kappa shape index (κ3) is 5.76. The fraction of sp³-hybridized carbons (Fsp3) is 0.455. The SMILES string of the molecule is CCC[C@H](C(=O)NCCC(C)C)N(C(=O)c1snc(C(N)=O)c1N)c1ccccc1OC. The molecule has 0 saturated carbocycles. The number of primary amides is 1. The number of benzene rings is 1. The van der Waals surface area contributed by atoms with Crippen LogP contribution in [0.1, 0.15) is 60.2 Å². The first-order chi connectivity index (χ1) is 15.2. The normalized spacial score (nSPS) is 11.8. The van der Waals surface area contributed by atoms with Gasteiger partial charge < -0.3 is 21.5 Å². The van der Waals surface area contributed by atoms with Crippen LogP contribution in [-0.4, -0.2) is 41.8 Å². The number of amides is 3. The number of methoxy groups -OCH3 is 1. The molecule has 0 unspecified atom stereocenters. The molecule has 0 spiro atoms. The molecule has 1 aromatic carbocycles. The number of para-hydroxylation sites is 2. The van der Waals surface area contributed by atoms with Crippen LogP contribution in [-0.2, 0) is 4.79 Å². The van der Waals surface area contributed by atoms with Gasteiger partial charge in [-0.3, -0.25) is 19.3 Å². The van der Waals surface area contributed by atoms with Crippen LogP contribution >= 0.6 is 11.5 Å². The highest BCUT2D eigenvalue weighted by Crippen LogP contribution is 2.34. The van der Waals surface area contributed by atoms with Crippen LogP contribution in [0.3, 0.4) is 0 Å². The summed E-state index contributed by atoms with van der Waals surface area (Å²) in [6.45, 7) is 6.58. The monoisotopic (exact) mass is 461 g/mol. The van der Waals surface area contributed by atoms with Crippen molar-refractivity contribution >= 4 is 40.6 Å². The molecular formula is C22H31N5O4S. The quantitative estimate of drug-likeness (QED) is 0.470. The first-order valence-electron chi connectivity index (χ1n) is 10.5. The predicted molar refractivity (Wildman–Crippen MR) is 126 cm³/mol. The van der Waals surface area contributed by atoms with Gasteiger partial charge in [0.2, 0.25) is 5.91 Å². The molecule has 2 aromatic rings. The second kappa shape index (κ2) is 11.5. The fourth-order valence-electron chi connectivity index (χ4n) is 3.24. The molecule has 1 heterocycles. The average Bonchev–Trinajstić information content (AvgIpc) is 3.14. The summed E-state index contributed by atoms with van der Waals surface area (Å²) in [5.74, 6) is -0.788. The Bertz CT molecular complexity index is 960. The number of ether oxygens (including phenoxy) is 1. The highest BCUT2D eigenvalue weighted by molar-refractivity contribution is 7.09. The van der Waals surface area contributed by atoms with Crippen molar-refractivity contribution in [3.05, 3.63) is 34.8 Å². The van der Waals surface area contributed by atoms with E-state index in [1.54, 1.807) is 24.3 Å². The molecule has 1 atom stereocenters. The summed E-state index contributed by atoms with van der Waals surface area (Å²) < 4.78 is 9.40. The molecule has 0 aliphatic rings. The largest absolute Gasteiger partial charge is 0.495 e. The van der Waals surface area contributed by atoms with E-state index in [0.29, 0.717) is 36.7 Å². The third-order valence-electron chi connectivity index (χ3n) is 4.92. The van der Waals surface area contributed by atoms with E-state index in [0.717, 1.165) is 18.0 Å². The maximum atomic E-state index is 13.7. The van der Waals surface area contributed by atoms with Gasteiger partial charge in [0.15, 0.2) is 5.69 Å². The van der Waals surface area contributed by atoms with Gasteiger partial charge in [0, 0.05) is 6.54 Å². The van der Waals surface area contributed by atoms with Crippen LogP contribution in [0.25, 0.3) is 0 Å². The minimum atomic E-state index is -0.821. The minimum Gasteiger partial charge on any atom is -0.495 e. The maximum absolute atomic E-state index is 13.7. The second-order valence-corrected chi connectivity index (χ2v) is 8.54. The van der Waals surface area contributed by atoms with Crippen LogP contribution in [0.4, 0.5) is 11.4 Å². The number of nitrogens with two attached hydrogens (primary N) is 2. The Hall–Kier alpha value is -3.14. The van der Waals surface area contributed by atoms with Gasteiger partial charge in [0.25, 0.3) is 11.8 Å². The molecule has 9 nitrogen and oxygen atoms in total. The van der Waals surface area contributed by atoms with Gasteiger partial charge in [0.05, 0.1) is 18.5 Å². The molecule has 0 fully saturated rings. The molecule has 0 radical (unpaired) electrons. The van der Waals surface area contributed by atoms with Gasteiger partial charge >= 0.3 is 0 Å². The van der Waals surface area contributed by atoms with Crippen LogP contribution in [0.15, 0.2) is 24.3 Å². The molecule has 0 aliphatic heterocycles. The molecule has 174 valence electrons. The Labute approximate surface area is 192 Å². The molecule has 0 saturated heterocycles. The van der Waals surface area contributed by atoms with E-state index in [2.05, 4.69) is 23.5 Å². The molecule has 3 amide bonds. The Balaban J connectivity index is 2.55. The van der Waals surface area contributed by atoms with E-state index in [1.807, 2.05) is 6.92 Å². The number of nitrogen functional groups attached to an aromatic ring is 1. The van der Waals surface area contributed by atoms with E-state index in [1.165, 1.54) is 12.0 Å². The molecule has 0 aliphatic carbocycles. The average molecular weight is 462 g/mol. The van der Waals surface area contributed by atoms with Crippen molar-refractivity contribution in [3.63, 3.8) is 0 Å². The Kier molecular flexibility index (Phi) is 9.01. The first kappa shape index (κ1) is 25.1. The summed E-state index contributed by atoms with van der Waals surface area (Å²) in [5.41, 5.74) is 11.5. The second-order valence-electron chi connectivity index (χ2n) is 7.76. The number of anilines is 2. The van der Waals surface area contributed by atoms with Crippen molar-refractivity contribution in [1.29, 1.82) is 0 Å². The Morgan fingerprint density at radius 2 is 1.91 bits per heavy atom. The summed E-state index contributed by atoms with van der Waals surface area (Å²) in [4.78, 5) is 39.9. The van der Waals surface area contributed by atoms with Crippen molar-refractivity contribution in [3.8, 4) is 5.75 Å². The Morgan fingerprint density at radius 1 is 1.22 bits per heavy atom. The number of hydrogen-bond acceptors (Lipinski definition) is 7. The molecular weight excluding hydrogens is 430 g/mol. The van der Waals surface area contributed by atoms with Crippen LogP contribution in [0.2, 0.25) is 0 Å². The summed E-state index contributed by atoms with van der Waals surface area (Å²) >= 11 is 0.778. The lowest BCUT2D eigenvalue weighted by atomic mass is 10.1. The standard InChI is InChI=1S/C22H31N5O4S/c1-5-8-15(21(29)25-12-11-13(2)3)27(14-9-6-7-10-16(14)31-4)22(30)19-17(23)18(20(24)28)26-32-19/h6-7,9-10,13,15H,5,8,11-12,23H2,1-4H3,(H2,24,28)(H,25,29)/t15-/m1/s1. The van der Waals surface area contributed by atoms with Gasteiger partial charge in [-0.15, -0.1) is 0 Å². The van der Waals surface area contributed by atoms with E-state index >= 15 is 0 Å². The Morgan fingerprint density at radius 3 is 2.47 bits per heavy atom. The predicted octanol–water partition coefficient (Wildman–Crippen LogP) is 2.81. The molecule has 0 bridgehead atoms.